The highest BCUT2D eigenvalue weighted by Gasteiger charge is 2.63. The van der Waals surface area contributed by atoms with Crippen LogP contribution in [-0.4, -0.2) is 60.2 Å². The zero-order valence-electron chi connectivity index (χ0n) is 20.3. The lowest BCUT2D eigenvalue weighted by molar-refractivity contribution is -0.138. The molecule has 2 aliphatic heterocycles. The summed E-state index contributed by atoms with van der Waals surface area (Å²) in [5, 5.41) is 3.08. The molecule has 0 saturated carbocycles. The van der Waals surface area contributed by atoms with E-state index in [0.717, 1.165) is 14.9 Å². The molecule has 9 nitrogen and oxygen atoms in total. The zero-order valence-corrected chi connectivity index (χ0v) is 23.4. The monoisotopic (exact) mass is 623 g/mol. The van der Waals surface area contributed by atoms with Crippen LogP contribution >= 0.6 is 39.1 Å². The first kappa shape index (κ1) is 27.9. The highest BCUT2D eigenvalue weighted by atomic mass is 79.9. The van der Waals surface area contributed by atoms with Crippen molar-refractivity contribution in [2.24, 2.45) is 0 Å². The number of fused-ring (bicyclic) bond motifs is 1. The second-order valence-electron chi connectivity index (χ2n) is 9.07. The van der Waals surface area contributed by atoms with E-state index in [1.54, 1.807) is 0 Å². The molecule has 1 N–H and O–H groups in total. The van der Waals surface area contributed by atoms with Crippen LogP contribution in [0.5, 0.6) is 0 Å². The molecule has 0 bridgehead atoms. The maximum atomic E-state index is 13.9. The fourth-order valence-corrected chi connectivity index (χ4v) is 5.36. The summed E-state index contributed by atoms with van der Waals surface area (Å²) in [4.78, 5) is 53.9. The number of amides is 4. The lowest BCUT2D eigenvalue weighted by Crippen LogP contribution is -2.47. The maximum Gasteiger partial charge on any atom is 0.407 e. The van der Waals surface area contributed by atoms with Crippen LogP contribution in [0, 0.1) is 0 Å². The van der Waals surface area contributed by atoms with E-state index < -0.39 is 35.6 Å². The Kier molecular flexibility index (Phi) is 8.34. The molecule has 2 fully saturated rings. The van der Waals surface area contributed by atoms with Crippen LogP contribution < -0.4 is 10.2 Å². The van der Waals surface area contributed by atoms with Crippen molar-refractivity contribution in [1.82, 2.24) is 10.2 Å². The summed E-state index contributed by atoms with van der Waals surface area (Å²) in [7, 11) is 0. The van der Waals surface area contributed by atoms with Crippen molar-refractivity contribution >= 4 is 68.8 Å². The summed E-state index contributed by atoms with van der Waals surface area (Å²) in [6, 6.07) is 11.4. The molecule has 0 aromatic heterocycles. The third-order valence-corrected chi connectivity index (χ3v) is 7.20. The number of ether oxygens (including phenoxy) is 2. The number of esters is 1. The van der Waals surface area contributed by atoms with Gasteiger partial charge in [0.1, 0.15) is 18.2 Å². The summed E-state index contributed by atoms with van der Waals surface area (Å²) >= 11 is 15.7. The van der Waals surface area contributed by atoms with Gasteiger partial charge in [-0.3, -0.25) is 4.79 Å². The fourth-order valence-electron chi connectivity index (χ4n) is 4.58. The van der Waals surface area contributed by atoms with Crippen molar-refractivity contribution in [3.8, 4) is 0 Å². The molecule has 2 saturated heterocycles. The quantitative estimate of drug-likeness (QED) is 0.189. The van der Waals surface area contributed by atoms with E-state index in [1.807, 2.05) is 24.3 Å². The van der Waals surface area contributed by atoms with Gasteiger partial charge in [0.15, 0.2) is 0 Å². The molecule has 0 unspecified atom stereocenters. The van der Waals surface area contributed by atoms with Crippen molar-refractivity contribution in [3.63, 3.8) is 0 Å². The number of halogens is 3. The van der Waals surface area contributed by atoms with Crippen LogP contribution in [0.3, 0.4) is 0 Å². The number of rotatable bonds is 8. The van der Waals surface area contributed by atoms with E-state index in [1.165, 1.54) is 30.0 Å². The third-order valence-electron chi connectivity index (χ3n) is 6.23. The Morgan fingerprint density at radius 2 is 1.82 bits per heavy atom. The highest BCUT2D eigenvalue weighted by molar-refractivity contribution is 9.10. The fraction of sp³-hybridized carbons (Fsp3) is 0.308. The topological polar surface area (TPSA) is 105 Å². The first-order valence-corrected chi connectivity index (χ1v) is 13.2. The van der Waals surface area contributed by atoms with E-state index in [-0.39, 0.29) is 53.8 Å². The van der Waals surface area contributed by atoms with Gasteiger partial charge in [-0.2, -0.15) is 0 Å². The van der Waals surface area contributed by atoms with Crippen molar-refractivity contribution in [2.75, 3.05) is 24.6 Å². The number of hydrogen-bond donors (Lipinski definition) is 1. The summed E-state index contributed by atoms with van der Waals surface area (Å²) in [5.41, 5.74) is 0.0664. The lowest BCUT2D eigenvalue weighted by Gasteiger charge is -2.28. The van der Waals surface area contributed by atoms with Gasteiger partial charge >= 0.3 is 18.1 Å². The second-order valence-corrected chi connectivity index (χ2v) is 10.9. The smallest absolute Gasteiger partial charge is 0.407 e. The molecule has 2 aromatic rings. The van der Waals surface area contributed by atoms with Crippen LogP contribution in [0.4, 0.5) is 15.3 Å². The molecule has 4 amide bonds. The highest BCUT2D eigenvalue weighted by Crippen LogP contribution is 2.44. The summed E-state index contributed by atoms with van der Waals surface area (Å²) in [5.74, 6) is -1.02. The third kappa shape index (κ3) is 5.82. The van der Waals surface area contributed by atoms with Gasteiger partial charge in [0, 0.05) is 32.9 Å². The molecule has 0 aliphatic carbocycles. The van der Waals surface area contributed by atoms with Crippen LogP contribution in [-0.2, 0) is 25.5 Å². The van der Waals surface area contributed by atoms with Gasteiger partial charge in [0.2, 0.25) is 0 Å². The minimum Gasteiger partial charge on any atom is -0.460 e. The average molecular weight is 625 g/mol. The van der Waals surface area contributed by atoms with Crippen LogP contribution in [0.1, 0.15) is 18.9 Å². The van der Waals surface area contributed by atoms with Crippen LogP contribution in [0.15, 0.2) is 59.1 Å². The number of carbonyl (C=O) groups is 4. The van der Waals surface area contributed by atoms with E-state index in [0.29, 0.717) is 0 Å². The number of benzene rings is 2. The molecule has 4 rings (SSSR count). The molecular weight excluding hydrogens is 601 g/mol. The Hall–Kier alpha value is -3.08. The largest absolute Gasteiger partial charge is 0.460 e. The standard InChI is InChI=1S/C26H24BrCl2N3O6/c1-15(2)22(33)37-8-7-30-24(35)38-21-13-26(12-16-3-5-17(27)6-4-16)23(34)32(25(36)31(26)14-21)20-10-18(28)9-19(29)11-20/h3-6,9-11,21H,1,7-8,12-14H2,2H3,(H,30,35)/t21-,26+/m1/s1. The predicted octanol–water partition coefficient (Wildman–Crippen LogP) is 5.12. The molecule has 2 aromatic carbocycles. The maximum absolute atomic E-state index is 13.9. The molecule has 2 aliphatic rings. The lowest BCUT2D eigenvalue weighted by atomic mass is 9.87. The van der Waals surface area contributed by atoms with Gasteiger partial charge in [-0.15, -0.1) is 0 Å². The van der Waals surface area contributed by atoms with Crippen molar-refractivity contribution in [3.05, 3.63) is 74.7 Å². The number of nitrogens with zero attached hydrogens (tertiary/aromatic N) is 2. The van der Waals surface area contributed by atoms with Gasteiger partial charge in [-0.25, -0.2) is 19.3 Å². The average Bonchev–Trinajstić information content (AvgIpc) is 3.29. The Morgan fingerprint density at radius 3 is 2.45 bits per heavy atom. The SMILES string of the molecule is C=C(C)C(=O)OCCNC(=O)O[C@H]1CN2C(=O)N(c3cc(Cl)cc(Cl)c3)C(=O)[C@]2(Cc2ccc(Br)cc2)C1. The van der Waals surface area contributed by atoms with Crippen molar-refractivity contribution < 1.29 is 28.7 Å². The van der Waals surface area contributed by atoms with E-state index in [4.69, 9.17) is 32.7 Å². The number of nitrogens with one attached hydrogen (secondary N) is 1. The Balaban J connectivity index is 1.52. The minimum atomic E-state index is -1.28. The number of imide groups is 1. The summed E-state index contributed by atoms with van der Waals surface area (Å²) < 4.78 is 11.4. The Morgan fingerprint density at radius 1 is 1.16 bits per heavy atom. The number of anilines is 1. The second kappa shape index (κ2) is 11.3. The van der Waals surface area contributed by atoms with Crippen molar-refractivity contribution in [1.29, 1.82) is 0 Å². The molecule has 200 valence electrons. The molecule has 0 radical (unpaired) electrons. The molecule has 2 heterocycles. The van der Waals surface area contributed by atoms with E-state index in [9.17, 15) is 19.2 Å². The Bertz CT molecular complexity index is 1280. The number of urea groups is 1. The first-order valence-electron chi connectivity index (χ1n) is 11.6. The van der Waals surface area contributed by atoms with Crippen LogP contribution in [0.2, 0.25) is 10.0 Å². The van der Waals surface area contributed by atoms with Gasteiger partial charge in [0.25, 0.3) is 5.91 Å². The molecule has 0 spiro atoms. The molecule has 38 heavy (non-hydrogen) atoms. The van der Waals surface area contributed by atoms with Gasteiger partial charge < -0.3 is 19.7 Å². The first-order chi connectivity index (χ1) is 18.0. The number of hydrogen-bond acceptors (Lipinski definition) is 6. The van der Waals surface area contributed by atoms with E-state index in [2.05, 4.69) is 27.8 Å². The van der Waals surface area contributed by atoms with Crippen molar-refractivity contribution in [2.45, 2.75) is 31.4 Å². The van der Waals surface area contributed by atoms with Gasteiger partial charge in [-0.05, 0) is 42.8 Å². The summed E-state index contributed by atoms with van der Waals surface area (Å²) in [6.07, 6.45) is -1.18. The normalized spacial score (nSPS) is 20.4. The number of carbonyl (C=O) groups excluding carboxylic acids is 4. The van der Waals surface area contributed by atoms with Crippen LogP contribution in [0.25, 0.3) is 0 Å². The summed E-state index contributed by atoms with van der Waals surface area (Å²) in [6.45, 7) is 4.99. The van der Waals surface area contributed by atoms with Gasteiger partial charge in [-0.1, -0.05) is 57.8 Å². The minimum absolute atomic E-state index is 0.0178. The van der Waals surface area contributed by atoms with Gasteiger partial charge in [0.05, 0.1) is 18.8 Å². The molecule has 12 heteroatoms. The predicted molar refractivity (Wildman–Crippen MR) is 145 cm³/mol. The zero-order chi connectivity index (χ0) is 27.6. The van der Waals surface area contributed by atoms with E-state index >= 15 is 0 Å². The number of alkyl carbamates (subject to hydrolysis) is 1. The molecular formula is C26H24BrCl2N3O6. The molecule has 2 atom stereocenters. The Labute approximate surface area is 237 Å².